The molecule has 2 rings (SSSR count). The second-order valence-electron chi connectivity index (χ2n) is 5.05. The topological polar surface area (TPSA) is 78.7 Å². The lowest BCUT2D eigenvalue weighted by atomic mass is 10.1. The summed E-state index contributed by atoms with van der Waals surface area (Å²) in [4.78, 5) is 15.8. The molecule has 1 heterocycles. The number of furan rings is 1. The second kappa shape index (κ2) is 9.34. The number of aliphatic imine (C=N–C) groups is 1. The van der Waals surface area contributed by atoms with E-state index in [4.69, 9.17) is 4.42 Å². The predicted molar refractivity (Wildman–Crippen MR) is 90.0 cm³/mol. The molecule has 0 saturated heterocycles. The van der Waals surface area contributed by atoms with Gasteiger partial charge in [-0.25, -0.2) is 4.39 Å². The Hall–Kier alpha value is -2.83. The van der Waals surface area contributed by atoms with Gasteiger partial charge in [0.25, 0.3) is 0 Å². The van der Waals surface area contributed by atoms with Gasteiger partial charge in [0.05, 0.1) is 19.4 Å². The summed E-state index contributed by atoms with van der Waals surface area (Å²) in [5.74, 6) is 0.776. The molecule has 1 aromatic heterocycles. The molecular formula is C17H21FN4O2. The number of benzene rings is 1. The van der Waals surface area contributed by atoms with Gasteiger partial charge in [0.1, 0.15) is 11.6 Å². The van der Waals surface area contributed by atoms with Crippen molar-refractivity contribution in [3.8, 4) is 0 Å². The Bertz CT molecular complexity index is 671. The standard InChI is InChI=1S/C17H21FN4O2/c1-19-17(20-9-8-13-5-2-3-7-15(13)18)22-12-16(23)21-11-14-6-4-10-24-14/h2-7,10H,8-9,11-12H2,1H3,(H,21,23)(H2,19,20,22). The van der Waals surface area contributed by atoms with Crippen LogP contribution in [0.5, 0.6) is 0 Å². The summed E-state index contributed by atoms with van der Waals surface area (Å²) in [7, 11) is 1.61. The highest BCUT2D eigenvalue weighted by atomic mass is 19.1. The molecule has 24 heavy (non-hydrogen) atoms. The van der Waals surface area contributed by atoms with Crippen LogP contribution in [0.3, 0.4) is 0 Å². The molecule has 0 unspecified atom stereocenters. The van der Waals surface area contributed by atoms with Gasteiger partial charge in [-0.2, -0.15) is 0 Å². The number of hydrogen-bond donors (Lipinski definition) is 3. The van der Waals surface area contributed by atoms with Crippen LogP contribution in [0, 0.1) is 5.82 Å². The number of amides is 1. The molecule has 6 nitrogen and oxygen atoms in total. The smallest absolute Gasteiger partial charge is 0.239 e. The molecule has 0 fully saturated rings. The van der Waals surface area contributed by atoms with Gasteiger partial charge in [-0.3, -0.25) is 9.79 Å². The number of nitrogens with one attached hydrogen (secondary N) is 3. The summed E-state index contributed by atoms with van der Waals surface area (Å²) < 4.78 is 18.7. The van der Waals surface area contributed by atoms with Gasteiger partial charge in [0.15, 0.2) is 5.96 Å². The second-order valence-corrected chi connectivity index (χ2v) is 5.05. The number of carbonyl (C=O) groups excluding carboxylic acids is 1. The van der Waals surface area contributed by atoms with Crippen molar-refractivity contribution in [1.29, 1.82) is 0 Å². The van der Waals surface area contributed by atoms with Crippen LogP contribution >= 0.6 is 0 Å². The minimum Gasteiger partial charge on any atom is -0.467 e. The summed E-state index contributed by atoms with van der Waals surface area (Å²) >= 11 is 0. The quantitative estimate of drug-likeness (QED) is 0.530. The highest BCUT2D eigenvalue weighted by Gasteiger charge is 2.05. The van der Waals surface area contributed by atoms with Crippen LogP contribution in [-0.4, -0.2) is 32.0 Å². The number of rotatable bonds is 7. The van der Waals surface area contributed by atoms with E-state index in [0.717, 1.165) is 0 Å². The predicted octanol–water partition coefficient (Wildman–Crippen LogP) is 1.44. The highest BCUT2D eigenvalue weighted by molar-refractivity contribution is 5.86. The zero-order valence-electron chi connectivity index (χ0n) is 13.5. The molecule has 0 aliphatic heterocycles. The number of guanidine groups is 1. The van der Waals surface area contributed by atoms with Crippen LogP contribution in [0.2, 0.25) is 0 Å². The van der Waals surface area contributed by atoms with Gasteiger partial charge in [0, 0.05) is 13.6 Å². The maximum atomic E-state index is 13.5. The molecule has 0 atom stereocenters. The Morgan fingerprint density at radius 3 is 2.71 bits per heavy atom. The van der Waals surface area contributed by atoms with Crippen LogP contribution < -0.4 is 16.0 Å². The van der Waals surface area contributed by atoms with E-state index in [1.165, 1.54) is 6.07 Å². The van der Waals surface area contributed by atoms with E-state index < -0.39 is 0 Å². The molecule has 128 valence electrons. The molecule has 0 aliphatic carbocycles. The van der Waals surface area contributed by atoms with E-state index in [1.807, 2.05) is 0 Å². The minimum atomic E-state index is -0.223. The largest absolute Gasteiger partial charge is 0.467 e. The van der Waals surface area contributed by atoms with Gasteiger partial charge in [0.2, 0.25) is 5.91 Å². The average molecular weight is 332 g/mol. The SMILES string of the molecule is CN=C(NCCc1ccccc1F)NCC(=O)NCc1ccco1. The first-order valence-corrected chi connectivity index (χ1v) is 7.66. The van der Waals surface area contributed by atoms with Crippen molar-refractivity contribution in [2.75, 3.05) is 20.1 Å². The van der Waals surface area contributed by atoms with Crippen molar-refractivity contribution >= 4 is 11.9 Å². The van der Waals surface area contributed by atoms with Crippen molar-refractivity contribution in [2.45, 2.75) is 13.0 Å². The van der Waals surface area contributed by atoms with Gasteiger partial charge < -0.3 is 20.4 Å². The molecular weight excluding hydrogens is 311 g/mol. The number of carbonyl (C=O) groups is 1. The van der Waals surface area contributed by atoms with Crippen molar-refractivity contribution in [3.05, 3.63) is 59.8 Å². The molecule has 0 bridgehead atoms. The van der Waals surface area contributed by atoms with Crippen LogP contribution in [0.25, 0.3) is 0 Å². The lowest BCUT2D eigenvalue weighted by Crippen LogP contribution is -2.43. The summed E-state index contributed by atoms with van der Waals surface area (Å²) in [6, 6.07) is 10.2. The van der Waals surface area contributed by atoms with E-state index in [9.17, 15) is 9.18 Å². The Labute approximate surface area is 140 Å². The van der Waals surface area contributed by atoms with Crippen LogP contribution in [0.15, 0.2) is 52.1 Å². The summed E-state index contributed by atoms with van der Waals surface area (Å²) in [5.41, 5.74) is 0.636. The number of hydrogen-bond acceptors (Lipinski definition) is 3. The first-order valence-electron chi connectivity index (χ1n) is 7.66. The van der Waals surface area contributed by atoms with Gasteiger partial charge in [-0.15, -0.1) is 0 Å². The van der Waals surface area contributed by atoms with Crippen molar-refractivity contribution in [1.82, 2.24) is 16.0 Å². The maximum absolute atomic E-state index is 13.5. The van der Waals surface area contributed by atoms with E-state index >= 15 is 0 Å². The van der Waals surface area contributed by atoms with Gasteiger partial charge >= 0.3 is 0 Å². The Balaban J connectivity index is 1.66. The first-order chi connectivity index (χ1) is 11.7. The van der Waals surface area contributed by atoms with Gasteiger partial charge in [-0.1, -0.05) is 18.2 Å². The third-order valence-electron chi connectivity index (χ3n) is 3.32. The normalized spacial score (nSPS) is 11.2. The molecule has 0 saturated carbocycles. The fraction of sp³-hybridized carbons (Fsp3) is 0.294. The molecule has 0 aliphatic rings. The zero-order valence-corrected chi connectivity index (χ0v) is 13.5. The van der Waals surface area contributed by atoms with E-state index in [2.05, 4.69) is 20.9 Å². The molecule has 0 spiro atoms. The van der Waals surface area contributed by atoms with Crippen LogP contribution in [0.4, 0.5) is 4.39 Å². The van der Waals surface area contributed by atoms with Gasteiger partial charge in [-0.05, 0) is 30.2 Å². The third-order valence-corrected chi connectivity index (χ3v) is 3.32. The summed E-state index contributed by atoms with van der Waals surface area (Å²) in [6.45, 7) is 0.932. The Kier molecular flexibility index (Phi) is 6.82. The van der Waals surface area contributed by atoms with Crippen LogP contribution in [-0.2, 0) is 17.8 Å². The monoisotopic (exact) mass is 332 g/mol. The maximum Gasteiger partial charge on any atom is 0.239 e. The number of nitrogens with zero attached hydrogens (tertiary/aromatic N) is 1. The van der Waals surface area contributed by atoms with Crippen molar-refractivity contribution in [3.63, 3.8) is 0 Å². The molecule has 1 amide bonds. The lowest BCUT2D eigenvalue weighted by molar-refractivity contribution is -0.120. The minimum absolute atomic E-state index is 0.0834. The molecule has 3 N–H and O–H groups in total. The molecule has 0 radical (unpaired) electrons. The van der Waals surface area contributed by atoms with E-state index in [0.29, 0.717) is 36.8 Å². The summed E-state index contributed by atoms with van der Waals surface area (Å²) in [5, 5.41) is 8.67. The first kappa shape index (κ1) is 17.5. The van der Waals surface area contributed by atoms with Crippen molar-refractivity contribution in [2.24, 2.45) is 4.99 Å². The van der Waals surface area contributed by atoms with E-state index in [1.54, 1.807) is 43.6 Å². The van der Waals surface area contributed by atoms with Crippen molar-refractivity contribution < 1.29 is 13.6 Å². The molecule has 7 heteroatoms. The highest BCUT2D eigenvalue weighted by Crippen LogP contribution is 2.06. The summed E-state index contributed by atoms with van der Waals surface area (Å²) in [6.07, 6.45) is 2.08. The zero-order chi connectivity index (χ0) is 17.2. The fourth-order valence-corrected chi connectivity index (χ4v) is 2.06. The Morgan fingerprint density at radius 1 is 1.17 bits per heavy atom. The van der Waals surface area contributed by atoms with E-state index in [-0.39, 0.29) is 18.3 Å². The average Bonchev–Trinajstić information content (AvgIpc) is 3.11. The lowest BCUT2D eigenvalue weighted by Gasteiger charge is -2.12. The number of halogens is 1. The molecule has 1 aromatic carbocycles. The fourth-order valence-electron chi connectivity index (χ4n) is 2.06. The third kappa shape index (κ3) is 5.75. The molecule has 2 aromatic rings. The Morgan fingerprint density at radius 2 is 2.00 bits per heavy atom. The van der Waals surface area contributed by atoms with Crippen LogP contribution in [0.1, 0.15) is 11.3 Å².